The highest BCUT2D eigenvalue weighted by atomic mass is 32.2. The van der Waals surface area contributed by atoms with Gasteiger partial charge in [0.25, 0.3) is 5.91 Å². The van der Waals surface area contributed by atoms with Crippen LogP contribution in [-0.2, 0) is 16.6 Å². The lowest BCUT2D eigenvalue weighted by atomic mass is 10.2. The molecule has 2 aromatic carbocycles. The quantitative estimate of drug-likeness (QED) is 0.637. The van der Waals surface area contributed by atoms with Crippen LogP contribution in [0.5, 0.6) is 0 Å². The Morgan fingerprint density at radius 2 is 1.72 bits per heavy atom. The van der Waals surface area contributed by atoms with E-state index in [2.05, 4.69) is 11.2 Å². The zero-order valence-corrected chi connectivity index (χ0v) is 17.0. The summed E-state index contributed by atoms with van der Waals surface area (Å²) in [6.07, 6.45) is 5.35. The summed E-state index contributed by atoms with van der Waals surface area (Å²) in [7, 11) is -3.72. The Kier molecular flexibility index (Phi) is 5.59. The second kappa shape index (κ2) is 7.95. The van der Waals surface area contributed by atoms with Crippen molar-refractivity contribution < 1.29 is 13.2 Å². The van der Waals surface area contributed by atoms with Crippen LogP contribution in [0.25, 0.3) is 0 Å². The molecular formula is C22H21N3O3S. The average Bonchev–Trinajstić information content (AvgIpc) is 2.96. The highest BCUT2D eigenvalue weighted by Gasteiger charge is 2.16. The van der Waals surface area contributed by atoms with E-state index in [4.69, 9.17) is 11.6 Å². The number of primary sulfonamides is 1. The number of aryl methyl sites for hydroxylation is 1. The highest BCUT2D eigenvalue weighted by molar-refractivity contribution is 7.89. The first kappa shape index (κ1) is 20.4. The van der Waals surface area contributed by atoms with E-state index in [-0.39, 0.29) is 10.8 Å². The van der Waals surface area contributed by atoms with Crippen molar-refractivity contribution in [2.45, 2.75) is 25.3 Å². The summed E-state index contributed by atoms with van der Waals surface area (Å²) in [5.74, 6) is 2.33. The molecular weight excluding hydrogens is 386 g/mol. The molecule has 0 aliphatic heterocycles. The number of terminal acetylenes is 1. The van der Waals surface area contributed by atoms with Gasteiger partial charge in [-0.05, 0) is 61.9 Å². The Bertz CT molecular complexity index is 1200. The van der Waals surface area contributed by atoms with Crippen LogP contribution in [0.1, 0.15) is 32.9 Å². The summed E-state index contributed by atoms with van der Waals surface area (Å²) in [5, 5.41) is 8.01. The van der Waals surface area contributed by atoms with Gasteiger partial charge in [-0.1, -0.05) is 18.1 Å². The van der Waals surface area contributed by atoms with Crippen molar-refractivity contribution in [1.82, 2.24) is 4.57 Å². The molecule has 0 aliphatic rings. The van der Waals surface area contributed by atoms with E-state index in [1.807, 2.05) is 24.5 Å². The summed E-state index contributed by atoms with van der Waals surface area (Å²) in [6, 6.07) is 15.3. The third kappa shape index (κ3) is 4.57. The number of nitrogens with two attached hydrogens (primary N) is 1. The molecule has 29 heavy (non-hydrogen) atoms. The number of aromatic nitrogens is 1. The van der Waals surface area contributed by atoms with Crippen molar-refractivity contribution in [3.05, 3.63) is 82.7 Å². The zero-order valence-electron chi connectivity index (χ0n) is 16.1. The second-order valence-electron chi connectivity index (χ2n) is 6.74. The predicted molar refractivity (Wildman–Crippen MR) is 113 cm³/mol. The number of benzene rings is 2. The lowest BCUT2D eigenvalue weighted by Gasteiger charge is -2.11. The lowest BCUT2D eigenvalue weighted by Crippen LogP contribution is -2.14. The van der Waals surface area contributed by atoms with Gasteiger partial charge in [0.05, 0.1) is 10.5 Å². The minimum atomic E-state index is -3.72. The van der Waals surface area contributed by atoms with Crippen LogP contribution in [0.15, 0.2) is 59.5 Å². The molecule has 6 nitrogen and oxygen atoms in total. The normalized spacial score (nSPS) is 11.1. The van der Waals surface area contributed by atoms with Crippen molar-refractivity contribution in [3.8, 4) is 12.3 Å². The fourth-order valence-electron chi connectivity index (χ4n) is 3.09. The molecule has 1 aromatic heterocycles. The van der Waals surface area contributed by atoms with Crippen molar-refractivity contribution in [2.24, 2.45) is 5.14 Å². The molecule has 0 spiro atoms. The van der Waals surface area contributed by atoms with E-state index in [9.17, 15) is 13.2 Å². The minimum absolute atomic E-state index is 0.0677. The summed E-state index contributed by atoms with van der Waals surface area (Å²) >= 11 is 0. The fourth-order valence-corrected chi connectivity index (χ4v) is 3.61. The van der Waals surface area contributed by atoms with Crippen LogP contribution in [0, 0.1) is 26.2 Å². The maximum atomic E-state index is 12.7. The van der Waals surface area contributed by atoms with E-state index >= 15 is 0 Å². The molecule has 0 saturated carbocycles. The molecule has 3 aromatic rings. The van der Waals surface area contributed by atoms with Crippen molar-refractivity contribution in [2.75, 3.05) is 5.32 Å². The number of carbonyl (C=O) groups is 1. The monoisotopic (exact) mass is 407 g/mol. The molecule has 3 N–H and O–H groups in total. The number of amides is 1. The van der Waals surface area contributed by atoms with E-state index < -0.39 is 10.0 Å². The molecule has 0 fully saturated rings. The van der Waals surface area contributed by atoms with E-state index in [1.54, 1.807) is 36.4 Å². The van der Waals surface area contributed by atoms with Crippen LogP contribution < -0.4 is 10.5 Å². The van der Waals surface area contributed by atoms with Gasteiger partial charge in [0.1, 0.15) is 0 Å². The molecule has 0 saturated heterocycles. The van der Waals surface area contributed by atoms with E-state index in [0.717, 1.165) is 22.5 Å². The Labute approximate surface area is 170 Å². The molecule has 3 rings (SSSR count). The van der Waals surface area contributed by atoms with Crippen molar-refractivity contribution in [3.63, 3.8) is 0 Å². The van der Waals surface area contributed by atoms with Gasteiger partial charge < -0.3 is 9.88 Å². The third-order valence-corrected chi connectivity index (χ3v) is 5.65. The molecule has 1 heterocycles. The topological polar surface area (TPSA) is 94.2 Å². The lowest BCUT2D eigenvalue weighted by molar-refractivity contribution is 0.102. The van der Waals surface area contributed by atoms with Gasteiger partial charge in [0, 0.05) is 29.2 Å². The standard InChI is InChI=1S/C22H21N3O3S/c1-4-17-5-9-19(10-6-17)24-22(26)21-13-15(2)25(16(21)3)14-18-7-11-20(12-8-18)29(23,27)28/h1,5-13H,14H2,2-3H3,(H,24,26)(H2,23,27,28). The van der Waals surface area contributed by atoms with Crippen LogP contribution >= 0.6 is 0 Å². The smallest absolute Gasteiger partial charge is 0.257 e. The van der Waals surface area contributed by atoms with Gasteiger partial charge >= 0.3 is 0 Å². The number of hydrogen-bond acceptors (Lipinski definition) is 3. The average molecular weight is 407 g/mol. The van der Waals surface area contributed by atoms with E-state index in [0.29, 0.717) is 17.8 Å². The Morgan fingerprint density at radius 3 is 2.28 bits per heavy atom. The van der Waals surface area contributed by atoms with Gasteiger partial charge in [-0.25, -0.2) is 13.6 Å². The Hall–Kier alpha value is -3.34. The van der Waals surface area contributed by atoms with Gasteiger partial charge in [0.15, 0.2) is 0 Å². The number of hydrogen-bond donors (Lipinski definition) is 2. The predicted octanol–water partition coefficient (Wildman–Crippen LogP) is 3.03. The largest absolute Gasteiger partial charge is 0.344 e. The van der Waals surface area contributed by atoms with Gasteiger partial charge in [0.2, 0.25) is 10.0 Å². The molecule has 0 unspecified atom stereocenters. The molecule has 1 amide bonds. The number of sulfonamides is 1. The second-order valence-corrected chi connectivity index (χ2v) is 8.30. The van der Waals surface area contributed by atoms with Gasteiger partial charge in [-0.2, -0.15) is 0 Å². The zero-order chi connectivity index (χ0) is 21.2. The van der Waals surface area contributed by atoms with Crippen LogP contribution in [0.2, 0.25) is 0 Å². The maximum Gasteiger partial charge on any atom is 0.257 e. The summed E-state index contributed by atoms with van der Waals surface area (Å²) in [4.78, 5) is 12.8. The number of carbonyl (C=O) groups excluding carboxylic acids is 1. The van der Waals surface area contributed by atoms with Crippen molar-refractivity contribution in [1.29, 1.82) is 0 Å². The molecule has 0 atom stereocenters. The van der Waals surface area contributed by atoms with Crippen LogP contribution in [0.4, 0.5) is 5.69 Å². The number of nitrogens with one attached hydrogen (secondary N) is 1. The third-order valence-electron chi connectivity index (χ3n) is 4.72. The maximum absolute atomic E-state index is 12.7. The van der Waals surface area contributed by atoms with E-state index in [1.165, 1.54) is 12.1 Å². The first-order chi connectivity index (χ1) is 13.7. The molecule has 0 aliphatic carbocycles. The van der Waals surface area contributed by atoms with Crippen molar-refractivity contribution >= 4 is 21.6 Å². The molecule has 0 bridgehead atoms. The molecule has 148 valence electrons. The first-order valence-corrected chi connectivity index (χ1v) is 10.4. The van der Waals surface area contributed by atoms with Crippen LogP contribution in [0.3, 0.4) is 0 Å². The Morgan fingerprint density at radius 1 is 1.10 bits per heavy atom. The fraction of sp³-hybridized carbons (Fsp3) is 0.136. The summed E-state index contributed by atoms with van der Waals surface area (Å²) < 4.78 is 24.8. The summed E-state index contributed by atoms with van der Waals surface area (Å²) in [6.45, 7) is 4.30. The molecule has 0 radical (unpaired) electrons. The number of rotatable bonds is 5. The SMILES string of the molecule is C#Cc1ccc(NC(=O)c2cc(C)n(Cc3ccc(S(N)(=O)=O)cc3)c2C)cc1. The summed E-state index contributed by atoms with van der Waals surface area (Å²) in [5.41, 5.74) is 4.62. The minimum Gasteiger partial charge on any atom is -0.344 e. The number of nitrogens with zero attached hydrogens (tertiary/aromatic N) is 1. The first-order valence-electron chi connectivity index (χ1n) is 8.85. The van der Waals surface area contributed by atoms with Gasteiger partial charge in [-0.3, -0.25) is 4.79 Å². The van der Waals surface area contributed by atoms with Gasteiger partial charge in [-0.15, -0.1) is 6.42 Å². The van der Waals surface area contributed by atoms with Crippen LogP contribution in [-0.4, -0.2) is 18.9 Å². The number of anilines is 1. The Balaban J connectivity index is 1.80. The molecule has 7 heteroatoms. The highest BCUT2D eigenvalue weighted by Crippen LogP contribution is 2.20.